The van der Waals surface area contributed by atoms with E-state index < -0.39 is 0 Å². The number of rotatable bonds is 0. The van der Waals surface area contributed by atoms with Gasteiger partial charge in [-0.1, -0.05) is 0 Å². The molecule has 0 saturated heterocycles. The Labute approximate surface area is 129 Å². The molecule has 104 valence electrons. The molecule has 0 spiro atoms. The molecule has 0 aliphatic heterocycles. The van der Waals surface area contributed by atoms with Crippen molar-refractivity contribution in [3.05, 3.63) is 34.4 Å². The lowest BCUT2D eigenvalue weighted by Gasteiger charge is -2.07. The van der Waals surface area contributed by atoms with Gasteiger partial charge in [0.15, 0.2) is 22.8 Å². The van der Waals surface area contributed by atoms with Crippen LogP contribution in [0.15, 0.2) is 6.07 Å². The molecule has 0 unspecified atom stereocenters. The van der Waals surface area contributed by atoms with Crippen LogP contribution in [0.1, 0.15) is 28.3 Å². The second kappa shape index (κ2) is 5.00. The summed E-state index contributed by atoms with van der Waals surface area (Å²) < 4.78 is 0. The van der Waals surface area contributed by atoms with Crippen LogP contribution >= 0.6 is 0 Å². The third-order valence-electron chi connectivity index (χ3n) is 3.25. The van der Waals surface area contributed by atoms with Crippen molar-refractivity contribution < 1.29 is 0 Å². The predicted octanol–water partition coefficient (Wildman–Crippen LogP) is 1.37. The van der Waals surface area contributed by atoms with E-state index in [-0.39, 0.29) is 22.8 Å². The number of aromatic nitrogens is 4. The maximum atomic E-state index is 9.05. The summed E-state index contributed by atoms with van der Waals surface area (Å²) in [5, 5.41) is 36.2. The Hall–Kier alpha value is -4.14. The van der Waals surface area contributed by atoms with Gasteiger partial charge in [0.25, 0.3) is 0 Å². The van der Waals surface area contributed by atoms with Gasteiger partial charge in [0.05, 0.1) is 22.1 Å². The zero-order valence-electron chi connectivity index (χ0n) is 11.7. The number of nitrogens with zero attached hydrogens (tertiary/aromatic N) is 8. The molecule has 1 aromatic carbocycles. The highest BCUT2D eigenvalue weighted by molar-refractivity contribution is 5.95. The van der Waals surface area contributed by atoms with Crippen LogP contribution in [0.3, 0.4) is 0 Å². The first-order valence-corrected chi connectivity index (χ1v) is 6.26. The molecule has 8 nitrogen and oxygen atoms in total. The zero-order chi connectivity index (χ0) is 16.6. The molecule has 0 N–H and O–H groups in total. The lowest BCUT2D eigenvalue weighted by atomic mass is 10.1. The molecule has 0 saturated carbocycles. The van der Waals surface area contributed by atoms with Crippen LogP contribution in [-0.4, -0.2) is 19.9 Å². The molecular weight excluding hydrogens is 292 g/mol. The van der Waals surface area contributed by atoms with Crippen LogP contribution in [-0.2, 0) is 0 Å². The fraction of sp³-hybridized carbons (Fsp3) is 0.0667. The minimum atomic E-state index is -0.0825. The first-order valence-electron chi connectivity index (χ1n) is 6.26. The quantitative estimate of drug-likeness (QED) is 0.565. The minimum absolute atomic E-state index is 0.0791. The van der Waals surface area contributed by atoms with E-state index in [0.29, 0.717) is 27.6 Å². The number of benzene rings is 1. The topological polar surface area (TPSA) is 147 Å². The normalized spacial score (nSPS) is 9.78. The molecule has 3 rings (SSSR count). The van der Waals surface area contributed by atoms with E-state index in [1.807, 2.05) is 24.3 Å². The number of nitriles is 4. The molecule has 8 heteroatoms. The molecule has 2 heterocycles. The molecule has 0 atom stereocenters. The van der Waals surface area contributed by atoms with Crippen molar-refractivity contribution in [3.8, 4) is 24.3 Å². The first kappa shape index (κ1) is 13.8. The van der Waals surface area contributed by atoms with Crippen molar-refractivity contribution in [2.75, 3.05) is 0 Å². The van der Waals surface area contributed by atoms with Gasteiger partial charge in [0.2, 0.25) is 0 Å². The van der Waals surface area contributed by atoms with E-state index >= 15 is 0 Å². The van der Waals surface area contributed by atoms with Crippen molar-refractivity contribution in [1.82, 2.24) is 19.9 Å². The van der Waals surface area contributed by atoms with Crippen molar-refractivity contribution in [1.29, 1.82) is 21.0 Å². The fourth-order valence-corrected chi connectivity index (χ4v) is 2.20. The number of hydrogen-bond acceptors (Lipinski definition) is 8. The maximum absolute atomic E-state index is 9.05. The second-order valence-electron chi connectivity index (χ2n) is 4.53. The van der Waals surface area contributed by atoms with Crippen molar-refractivity contribution >= 4 is 22.1 Å². The summed E-state index contributed by atoms with van der Waals surface area (Å²) in [6.07, 6.45) is 0. The smallest absolute Gasteiger partial charge is 0.177 e. The fourth-order valence-electron chi connectivity index (χ4n) is 2.20. The average molecular weight is 296 g/mol. The Morgan fingerprint density at radius 3 is 1.35 bits per heavy atom. The molecule has 23 heavy (non-hydrogen) atoms. The summed E-state index contributed by atoms with van der Waals surface area (Å²) in [6, 6.07) is 8.82. The summed E-state index contributed by atoms with van der Waals surface area (Å²) in [5.41, 5.74) is 1.78. The monoisotopic (exact) mass is 296 g/mol. The standard InChI is InChI=1S/C15H4N8/c1-7-14-8(20-10(3-16)12(5-18)22-14)2-9-15(7)23-13(6-19)11(4-17)21-9/h2H,1H3. The lowest BCUT2D eigenvalue weighted by Crippen LogP contribution is -2.01. The summed E-state index contributed by atoms with van der Waals surface area (Å²) >= 11 is 0. The Balaban J connectivity index is 2.52. The van der Waals surface area contributed by atoms with Gasteiger partial charge in [-0.05, 0) is 13.0 Å². The van der Waals surface area contributed by atoms with E-state index in [2.05, 4.69) is 19.9 Å². The Bertz CT molecular complexity index is 1080. The molecule has 0 radical (unpaired) electrons. The first-order chi connectivity index (χ1) is 11.1. The van der Waals surface area contributed by atoms with Crippen LogP contribution in [0.25, 0.3) is 22.1 Å². The largest absolute Gasteiger partial charge is 0.232 e. The lowest BCUT2D eigenvalue weighted by molar-refractivity contribution is 1.17. The van der Waals surface area contributed by atoms with Crippen LogP contribution in [0, 0.1) is 52.2 Å². The molecule has 0 aliphatic carbocycles. The maximum Gasteiger partial charge on any atom is 0.177 e. The summed E-state index contributed by atoms with van der Waals surface area (Å²) in [5.74, 6) is 0. The van der Waals surface area contributed by atoms with Gasteiger partial charge in [-0.25, -0.2) is 19.9 Å². The molecule has 0 aliphatic rings. The van der Waals surface area contributed by atoms with Crippen molar-refractivity contribution in [2.24, 2.45) is 0 Å². The van der Waals surface area contributed by atoms with Gasteiger partial charge < -0.3 is 0 Å². The molecule has 2 aromatic heterocycles. The Morgan fingerprint density at radius 1 is 0.652 bits per heavy atom. The van der Waals surface area contributed by atoms with Crippen LogP contribution in [0.5, 0.6) is 0 Å². The van der Waals surface area contributed by atoms with E-state index in [4.69, 9.17) is 21.0 Å². The van der Waals surface area contributed by atoms with Crippen molar-refractivity contribution in [2.45, 2.75) is 6.92 Å². The zero-order valence-corrected chi connectivity index (χ0v) is 11.7. The number of aryl methyl sites for hydroxylation is 1. The number of hydrogen-bond donors (Lipinski definition) is 0. The summed E-state index contributed by atoms with van der Waals surface area (Å²) in [6.45, 7) is 1.70. The van der Waals surface area contributed by atoms with Gasteiger partial charge in [-0.15, -0.1) is 0 Å². The van der Waals surface area contributed by atoms with Gasteiger partial charge >= 0.3 is 0 Å². The Morgan fingerprint density at radius 2 is 1.00 bits per heavy atom. The van der Waals surface area contributed by atoms with E-state index in [1.165, 1.54) is 6.07 Å². The molecule has 0 fully saturated rings. The van der Waals surface area contributed by atoms with E-state index in [1.54, 1.807) is 6.92 Å². The molecular formula is C15H4N8. The number of fused-ring (bicyclic) bond motifs is 2. The third-order valence-corrected chi connectivity index (χ3v) is 3.25. The Kier molecular flexibility index (Phi) is 3.01. The summed E-state index contributed by atoms with van der Waals surface area (Å²) in [7, 11) is 0. The molecule has 0 amide bonds. The molecule has 3 aromatic rings. The summed E-state index contributed by atoms with van der Waals surface area (Å²) in [4.78, 5) is 16.5. The van der Waals surface area contributed by atoms with Gasteiger partial charge in [-0.3, -0.25) is 0 Å². The van der Waals surface area contributed by atoms with E-state index in [9.17, 15) is 0 Å². The van der Waals surface area contributed by atoms with E-state index in [0.717, 1.165) is 0 Å². The van der Waals surface area contributed by atoms with Gasteiger partial charge in [0, 0.05) is 5.56 Å². The van der Waals surface area contributed by atoms with Gasteiger partial charge in [-0.2, -0.15) is 21.0 Å². The highest BCUT2D eigenvalue weighted by Gasteiger charge is 2.16. The minimum Gasteiger partial charge on any atom is -0.232 e. The van der Waals surface area contributed by atoms with Crippen molar-refractivity contribution in [3.63, 3.8) is 0 Å². The molecule has 0 bridgehead atoms. The average Bonchev–Trinajstić information content (AvgIpc) is 2.59. The highest BCUT2D eigenvalue weighted by Crippen LogP contribution is 2.25. The predicted molar refractivity (Wildman–Crippen MR) is 76.2 cm³/mol. The van der Waals surface area contributed by atoms with Crippen LogP contribution in [0.2, 0.25) is 0 Å². The SMILES string of the molecule is Cc1c2nc(C#N)c(C#N)nc2cc2nc(C#N)c(C#N)nc12. The van der Waals surface area contributed by atoms with Gasteiger partial charge in [0.1, 0.15) is 24.3 Å². The highest BCUT2D eigenvalue weighted by atomic mass is 14.9. The third kappa shape index (κ3) is 1.96. The van der Waals surface area contributed by atoms with Crippen LogP contribution in [0.4, 0.5) is 0 Å². The second-order valence-corrected chi connectivity index (χ2v) is 4.53. The van der Waals surface area contributed by atoms with Crippen LogP contribution < -0.4 is 0 Å².